The number of nitrogens with zero attached hydrogens (tertiary/aromatic N) is 3. The molecule has 0 aliphatic heterocycles. The fourth-order valence-electron chi connectivity index (χ4n) is 3.54. The molecule has 0 amide bonds. The smallest absolute Gasteiger partial charge is 0.388 e. The topological polar surface area (TPSA) is 93.8 Å². The van der Waals surface area contributed by atoms with E-state index in [0.29, 0.717) is 21.6 Å². The Labute approximate surface area is 161 Å². The Morgan fingerprint density at radius 2 is 1.96 bits per heavy atom. The maximum absolute atomic E-state index is 13.1. The zero-order valence-electron chi connectivity index (χ0n) is 14.7. The Morgan fingerprint density at radius 1 is 1.18 bits per heavy atom. The summed E-state index contributed by atoms with van der Waals surface area (Å²) < 4.78 is 19.3. The van der Waals surface area contributed by atoms with Gasteiger partial charge in [-0.15, -0.1) is 16.4 Å². The quantitative estimate of drug-likeness (QED) is 0.573. The lowest BCUT2D eigenvalue weighted by Gasteiger charge is -2.09. The van der Waals surface area contributed by atoms with Crippen molar-refractivity contribution in [2.45, 2.75) is 32.2 Å². The van der Waals surface area contributed by atoms with Crippen LogP contribution in [0.15, 0.2) is 38.3 Å². The van der Waals surface area contributed by atoms with Crippen LogP contribution in [0.2, 0.25) is 0 Å². The molecule has 0 atom stereocenters. The number of aryl methyl sites for hydroxylation is 2. The molecule has 142 valence electrons. The third-order valence-corrected chi connectivity index (χ3v) is 6.06. The van der Waals surface area contributed by atoms with E-state index >= 15 is 0 Å². The van der Waals surface area contributed by atoms with Gasteiger partial charge in [0.1, 0.15) is 23.0 Å². The van der Waals surface area contributed by atoms with Crippen LogP contribution < -0.4 is 11.3 Å². The Morgan fingerprint density at radius 3 is 2.79 bits per heavy atom. The van der Waals surface area contributed by atoms with E-state index < -0.39 is 5.76 Å². The van der Waals surface area contributed by atoms with E-state index in [-0.39, 0.29) is 23.8 Å². The average Bonchev–Trinajstić information content (AvgIpc) is 3.23. The maximum atomic E-state index is 13.1. The highest BCUT2D eigenvalue weighted by Gasteiger charge is 2.20. The minimum absolute atomic E-state index is 0.0166. The van der Waals surface area contributed by atoms with Gasteiger partial charge in [-0.05, 0) is 55.5 Å². The van der Waals surface area contributed by atoms with E-state index in [4.69, 9.17) is 4.42 Å². The van der Waals surface area contributed by atoms with Gasteiger partial charge in [0.2, 0.25) is 5.89 Å². The molecule has 1 N–H and O–H groups in total. The number of thiophene rings is 1. The first-order valence-electron chi connectivity index (χ1n) is 8.96. The van der Waals surface area contributed by atoms with Crippen LogP contribution in [0.3, 0.4) is 0 Å². The van der Waals surface area contributed by atoms with Gasteiger partial charge in [-0.25, -0.2) is 14.2 Å². The predicted octanol–water partition coefficient (Wildman–Crippen LogP) is 2.87. The summed E-state index contributed by atoms with van der Waals surface area (Å²) in [6, 6.07) is 5.49. The summed E-state index contributed by atoms with van der Waals surface area (Å²) in [6.07, 6.45) is 4.10. The molecule has 1 aliphatic rings. The molecular formula is C19H15FN4O3S. The number of hydrogen-bond donors (Lipinski definition) is 1. The predicted molar refractivity (Wildman–Crippen MR) is 102 cm³/mol. The van der Waals surface area contributed by atoms with Gasteiger partial charge >= 0.3 is 5.76 Å². The second-order valence-electron chi connectivity index (χ2n) is 6.74. The average molecular weight is 398 g/mol. The van der Waals surface area contributed by atoms with Gasteiger partial charge in [0.25, 0.3) is 5.56 Å². The molecule has 0 fully saturated rings. The van der Waals surface area contributed by atoms with E-state index in [9.17, 15) is 14.0 Å². The lowest BCUT2D eigenvalue weighted by Crippen LogP contribution is -2.21. The number of rotatable bonds is 3. The summed E-state index contributed by atoms with van der Waals surface area (Å²) >= 11 is 1.55. The van der Waals surface area contributed by atoms with Crippen LogP contribution in [0.25, 0.3) is 21.7 Å². The molecule has 3 heterocycles. The van der Waals surface area contributed by atoms with Crippen molar-refractivity contribution in [1.29, 1.82) is 0 Å². The number of H-pyrrole nitrogens is 1. The minimum Gasteiger partial charge on any atom is -0.388 e. The first-order chi connectivity index (χ1) is 13.6. The van der Waals surface area contributed by atoms with E-state index in [1.54, 1.807) is 11.3 Å². The Balaban J connectivity index is 1.51. The van der Waals surface area contributed by atoms with Gasteiger partial charge in [-0.2, -0.15) is 4.68 Å². The summed E-state index contributed by atoms with van der Waals surface area (Å²) in [7, 11) is 0. The third kappa shape index (κ3) is 2.88. The van der Waals surface area contributed by atoms with Gasteiger partial charge < -0.3 is 9.40 Å². The molecule has 0 spiro atoms. The van der Waals surface area contributed by atoms with Crippen LogP contribution in [0.5, 0.6) is 0 Å². The standard InChI is InChI=1S/C19H15FN4O3S/c20-11-7-5-10(6-8-11)17-23-24(19(26)27-17)9-14-21-16(25)15-12-3-1-2-4-13(12)28-18(15)22-14/h5-8H,1-4,9H2,(H,21,22,25). The van der Waals surface area contributed by atoms with Crippen molar-refractivity contribution in [3.63, 3.8) is 0 Å². The molecule has 4 aromatic rings. The number of fused-ring (bicyclic) bond motifs is 3. The summed E-state index contributed by atoms with van der Waals surface area (Å²) in [5, 5.41) is 4.81. The van der Waals surface area contributed by atoms with Crippen molar-refractivity contribution in [1.82, 2.24) is 19.7 Å². The molecule has 1 aromatic carbocycles. The van der Waals surface area contributed by atoms with Crippen molar-refractivity contribution in [3.05, 3.63) is 67.3 Å². The molecule has 0 radical (unpaired) electrons. The van der Waals surface area contributed by atoms with Crippen LogP contribution in [0.4, 0.5) is 4.39 Å². The zero-order chi connectivity index (χ0) is 19.3. The minimum atomic E-state index is -0.674. The van der Waals surface area contributed by atoms with Crippen molar-refractivity contribution >= 4 is 21.6 Å². The maximum Gasteiger partial charge on any atom is 0.437 e. The van der Waals surface area contributed by atoms with Crippen LogP contribution in [-0.4, -0.2) is 19.7 Å². The molecule has 28 heavy (non-hydrogen) atoms. The van der Waals surface area contributed by atoms with E-state index in [2.05, 4.69) is 15.1 Å². The molecule has 5 rings (SSSR count). The highest BCUT2D eigenvalue weighted by atomic mass is 32.1. The number of nitrogens with one attached hydrogen (secondary N) is 1. The number of benzene rings is 1. The highest BCUT2D eigenvalue weighted by Crippen LogP contribution is 2.33. The van der Waals surface area contributed by atoms with Crippen LogP contribution in [0, 0.1) is 5.82 Å². The van der Waals surface area contributed by atoms with Gasteiger partial charge in [0.05, 0.1) is 5.39 Å². The lowest BCUT2D eigenvalue weighted by molar-refractivity contribution is 0.491. The summed E-state index contributed by atoms with van der Waals surface area (Å²) in [5.41, 5.74) is 1.42. The molecule has 1 aliphatic carbocycles. The second-order valence-corrected chi connectivity index (χ2v) is 7.82. The molecular weight excluding hydrogens is 383 g/mol. The monoisotopic (exact) mass is 398 g/mol. The van der Waals surface area contributed by atoms with Gasteiger partial charge in [0.15, 0.2) is 0 Å². The van der Waals surface area contributed by atoms with Gasteiger partial charge in [-0.1, -0.05) is 0 Å². The first kappa shape index (κ1) is 17.1. The summed E-state index contributed by atoms with van der Waals surface area (Å²) in [6.45, 7) is -0.0166. The van der Waals surface area contributed by atoms with Crippen molar-refractivity contribution in [2.75, 3.05) is 0 Å². The summed E-state index contributed by atoms with van der Waals surface area (Å²) in [4.78, 5) is 34.0. The Bertz CT molecular complexity index is 1300. The fraction of sp³-hybridized carbons (Fsp3) is 0.263. The van der Waals surface area contributed by atoms with Crippen molar-refractivity contribution in [2.24, 2.45) is 0 Å². The number of halogens is 1. The lowest BCUT2D eigenvalue weighted by atomic mass is 9.97. The Hall–Kier alpha value is -3.07. The SMILES string of the molecule is O=c1[nH]c(Cn2nc(-c3ccc(F)cc3)oc2=O)nc2sc3c(c12)CCCC3. The molecule has 3 aromatic heterocycles. The molecule has 0 saturated heterocycles. The van der Waals surface area contributed by atoms with Gasteiger partial charge in [-0.3, -0.25) is 4.79 Å². The fourth-order valence-corrected chi connectivity index (χ4v) is 4.82. The van der Waals surface area contributed by atoms with Crippen LogP contribution in [-0.2, 0) is 19.4 Å². The van der Waals surface area contributed by atoms with Crippen LogP contribution >= 0.6 is 11.3 Å². The van der Waals surface area contributed by atoms with E-state index in [1.807, 2.05) is 0 Å². The second kappa shape index (κ2) is 6.52. The number of aromatic nitrogens is 4. The van der Waals surface area contributed by atoms with Crippen LogP contribution in [0.1, 0.15) is 29.1 Å². The van der Waals surface area contributed by atoms with Crippen molar-refractivity contribution in [3.8, 4) is 11.5 Å². The molecule has 7 nitrogen and oxygen atoms in total. The zero-order valence-corrected chi connectivity index (χ0v) is 15.5. The molecule has 0 bridgehead atoms. The third-order valence-electron chi connectivity index (χ3n) is 4.87. The summed E-state index contributed by atoms with van der Waals surface area (Å²) in [5.74, 6) is -0.635. The number of hydrogen-bond acceptors (Lipinski definition) is 6. The Kier molecular flexibility index (Phi) is 3.97. The number of aromatic amines is 1. The van der Waals surface area contributed by atoms with E-state index in [1.165, 1.54) is 29.1 Å². The molecule has 0 saturated carbocycles. The normalized spacial score (nSPS) is 13.8. The molecule has 9 heteroatoms. The van der Waals surface area contributed by atoms with Crippen molar-refractivity contribution < 1.29 is 8.81 Å². The van der Waals surface area contributed by atoms with Gasteiger partial charge in [0, 0.05) is 10.4 Å². The highest BCUT2D eigenvalue weighted by molar-refractivity contribution is 7.18. The largest absolute Gasteiger partial charge is 0.437 e. The first-order valence-corrected chi connectivity index (χ1v) is 9.77. The molecule has 0 unspecified atom stereocenters. The van der Waals surface area contributed by atoms with E-state index in [0.717, 1.165) is 35.9 Å².